The maximum Gasteiger partial charge on any atom is -0.0241 e. The molecule has 180 valence electrons. The topological polar surface area (TPSA) is 0 Å². The second-order valence-corrected chi connectivity index (χ2v) is 11.2. The molecule has 1 atom stereocenters. The zero-order valence-corrected chi connectivity index (χ0v) is 21.6. The van der Waals surface area contributed by atoms with E-state index in [4.69, 9.17) is 0 Å². The van der Waals surface area contributed by atoms with Crippen molar-refractivity contribution in [2.45, 2.75) is 136 Å². The number of hydrogen-bond donors (Lipinski definition) is 0. The summed E-state index contributed by atoms with van der Waals surface area (Å²) in [6, 6.07) is 9.50. The van der Waals surface area contributed by atoms with Crippen LogP contribution in [0.3, 0.4) is 0 Å². The fraction of sp³-hybridized carbons (Fsp3) is 0.750. The van der Waals surface area contributed by atoms with Crippen LogP contribution in [0.1, 0.15) is 134 Å². The maximum absolute atomic E-state index is 2.62. The summed E-state index contributed by atoms with van der Waals surface area (Å²) in [5, 5.41) is 0. The molecule has 1 aromatic carbocycles. The van der Waals surface area contributed by atoms with E-state index >= 15 is 0 Å². The molecule has 3 rings (SSSR count). The highest BCUT2D eigenvalue weighted by Gasteiger charge is 2.22. The van der Waals surface area contributed by atoms with E-state index in [9.17, 15) is 0 Å². The van der Waals surface area contributed by atoms with Gasteiger partial charge in [-0.2, -0.15) is 0 Å². The van der Waals surface area contributed by atoms with E-state index in [1.165, 1.54) is 133 Å². The largest absolute Gasteiger partial charge is 0.0850 e. The van der Waals surface area contributed by atoms with Crippen molar-refractivity contribution in [3.05, 3.63) is 47.0 Å². The molecule has 0 amide bonds. The highest BCUT2D eigenvalue weighted by Crippen LogP contribution is 2.37. The van der Waals surface area contributed by atoms with E-state index < -0.39 is 0 Å². The Labute approximate surface area is 200 Å². The minimum absolute atomic E-state index is 0.975. The summed E-state index contributed by atoms with van der Waals surface area (Å²) in [6.07, 6.45) is 29.5. The lowest BCUT2D eigenvalue weighted by molar-refractivity contribution is 0.234. The molecule has 0 aromatic heterocycles. The minimum atomic E-state index is 0.975. The summed E-state index contributed by atoms with van der Waals surface area (Å²) in [5.41, 5.74) is 4.78. The molecule has 0 heterocycles. The van der Waals surface area contributed by atoms with E-state index in [0.29, 0.717) is 0 Å². The van der Waals surface area contributed by atoms with E-state index in [0.717, 1.165) is 17.8 Å². The predicted octanol–water partition coefficient (Wildman–Crippen LogP) is 10.2. The Balaban J connectivity index is 1.27. The molecule has 1 unspecified atom stereocenters. The molecule has 1 aromatic rings. The molecular weight excluding hydrogens is 384 g/mol. The number of rotatable bonds is 14. The van der Waals surface area contributed by atoms with Crippen molar-refractivity contribution in [1.29, 1.82) is 0 Å². The van der Waals surface area contributed by atoms with Crippen LogP contribution < -0.4 is 0 Å². The van der Waals surface area contributed by atoms with E-state index in [-0.39, 0.29) is 0 Å². The minimum Gasteiger partial charge on any atom is -0.0850 e. The Bertz CT molecular complexity index is 629. The first kappa shape index (κ1) is 25.6. The van der Waals surface area contributed by atoms with Gasteiger partial charge in [0.15, 0.2) is 0 Å². The lowest BCUT2D eigenvalue weighted by Crippen LogP contribution is -2.16. The summed E-state index contributed by atoms with van der Waals surface area (Å²) >= 11 is 0. The van der Waals surface area contributed by atoms with Gasteiger partial charge in [0.1, 0.15) is 0 Å². The Morgan fingerprint density at radius 2 is 1.19 bits per heavy atom. The lowest BCUT2D eigenvalue weighted by atomic mass is 9.76. The van der Waals surface area contributed by atoms with Crippen molar-refractivity contribution in [1.82, 2.24) is 0 Å². The molecule has 0 radical (unpaired) electrons. The van der Waals surface area contributed by atoms with Crippen molar-refractivity contribution in [3.63, 3.8) is 0 Å². The highest BCUT2D eigenvalue weighted by molar-refractivity contribution is 5.23. The van der Waals surface area contributed by atoms with Gasteiger partial charge in [-0.25, -0.2) is 0 Å². The molecule has 0 spiro atoms. The van der Waals surface area contributed by atoms with Crippen molar-refractivity contribution < 1.29 is 0 Å². The molecule has 0 saturated heterocycles. The van der Waals surface area contributed by atoms with Crippen LogP contribution in [0.2, 0.25) is 0 Å². The van der Waals surface area contributed by atoms with Gasteiger partial charge in [-0.05, 0) is 80.2 Å². The quantitative estimate of drug-likeness (QED) is 0.201. The molecule has 0 heteroatoms. The number of benzene rings is 1. The van der Waals surface area contributed by atoms with Crippen LogP contribution >= 0.6 is 0 Å². The van der Waals surface area contributed by atoms with Gasteiger partial charge in [0.05, 0.1) is 0 Å². The Hall–Kier alpha value is -1.04. The number of allylic oxidation sites excluding steroid dienone is 2. The first-order valence-corrected chi connectivity index (χ1v) is 14.5. The third kappa shape index (κ3) is 9.44. The highest BCUT2D eigenvalue weighted by atomic mass is 14.3. The zero-order valence-electron chi connectivity index (χ0n) is 21.6. The zero-order chi connectivity index (χ0) is 22.4. The van der Waals surface area contributed by atoms with Crippen LogP contribution in [0.15, 0.2) is 35.9 Å². The summed E-state index contributed by atoms with van der Waals surface area (Å²) < 4.78 is 0. The molecule has 1 saturated carbocycles. The Kier molecular flexibility index (Phi) is 12.0. The summed E-state index contributed by atoms with van der Waals surface area (Å²) in [5.74, 6) is 3.09. The molecule has 2 aliphatic rings. The monoisotopic (exact) mass is 436 g/mol. The maximum atomic E-state index is 2.62. The molecular formula is C32H52. The normalized spacial score (nSPS) is 23.8. The van der Waals surface area contributed by atoms with Gasteiger partial charge < -0.3 is 0 Å². The number of hydrogen-bond acceptors (Lipinski definition) is 0. The first-order valence-electron chi connectivity index (χ1n) is 14.5. The van der Waals surface area contributed by atoms with Crippen LogP contribution in [-0.2, 0) is 12.8 Å². The average Bonchev–Trinajstić information content (AvgIpc) is 2.84. The fourth-order valence-electron chi connectivity index (χ4n) is 6.15. The van der Waals surface area contributed by atoms with Crippen LogP contribution in [0, 0.1) is 17.8 Å². The Morgan fingerprint density at radius 3 is 1.81 bits per heavy atom. The van der Waals surface area contributed by atoms with Gasteiger partial charge in [0.2, 0.25) is 0 Å². The lowest BCUT2D eigenvalue weighted by Gasteiger charge is -2.30. The van der Waals surface area contributed by atoms with Crippen LogP contribution in [0.5, 0.6) is 0 Å². The average molecular weight is 437 g/mol. The van der Waals surface area contributed by atoms with E-state index in [1.807, 2.05) is 0 Å². The third-order valence-electron chi connectivity index (χ3n) is 8.61. The van der Waals surface area contributed by atoms with Crippen LogP contribution in [0.25, 0.3) is 0 Å². The van der Waals surface area contributed by atoms with Gasteiger partial charge in [0, 0.05) is 0 Å². The van der Waals surface area contributed by atoms with E-state index in [2.05, 4.69) is 44.2 Å². The third-order valence-corrected chi connectivity index (χ3v) is 8.61. The van der Waals surface area contributed by atoms with Crippen molar-refractivity contribution in [2.75, 3.05) is 0 Å². The molecule has 1 fully saturated rings. The molecule has 2 aliphatic carbocycles. The fourth-order valence-corrected chi connectivity index (χ4v) is 6.15. The van der Waals surface area contributed by atoms with Gasteiger partial charge in [-0.1, -0.05) is 120 Å². The second kappa shape index (κ2) is 15.0. The van der Waals surface area contributed by atoms with Crippen molar-refractivity contribution in [2.24, 2.45) is 17.8 Å². The molecule has 32 heavy (non-hydrogen) atoms. The van der Waals surface area contributed by atoms with Gasteiger partial charge >= 0.3 is 0 Å². The smallest absolute Gasteiger partial charge is 0.0241 e. The van der Waals surface area contributed by atoms with Crippen LogP contribution in [-0.4, -0.2) is 0 Å². The number of aryl methyl sites for hydroxylation is 2. The number of unbranched alkanes of at least 4 members (excludes halogenated alkanes) is 4. The summed E-state index contributed by atoms with van der Waals surface area (Å²) in [6.45, 7) is 4.61. The standard InChI is InChI=1S/C32H52/c1-3-5-7-9-27-11-15-29(16-12-27)19-21-31-23-25-32(26-24-31)22-20-30-17-13-28(14-18-30)10-8-6-4-2/h11-12,15-16,23,28,30,32H,3-10,13-14,17-22,24-26H2,1-2H3/t28-,30-,32?. The Morgan fingerprint density at radius 1 is 0.594 bits per heavy atom. The van der Waals surface area contributed by atoms with Gasteiger partial charge in [-0.15, -0.1) is 0 Å². The summed E-state index contributed by atoms with van der Waals surface area (Å²) in [4.78, 5) is 0. The van der Waals surface area contributed by atoms with E-state index in [1.54, 1.807) is 5.57 Å². The second-order valence-electron chi connectivity index (χ2n) is 11.2. The van der Waals surface area contributed by atoms with Crippen molar-refractivity contribution in [3.8, 4) is 0 Å². The SMILES string of the molecule is CCCCCc1ccc(CCC2=CCC(CC[C@H]3CC[C@H](CCCCC)CC3)CC2)cc1. The molecule has 0 nitrogen and oxygen atoms in total. The first-order chi connectivity index (χ1) is 15.8. The molecule has 0 N–H and O–H groups in total. The van der Waals surface area contributed by atoms with Gasteiger partial charge in [-0.3, -0.25) is 0 Å². The van der Waals surface area contributed by atoms with Crippen molar-refractivity contribution >= 4 is 0 Å². The summed E-state index contributed by atoms with van der Waals surface area (Å²) in [7, 11) is 0. The van der Waals surface area contributed by atoms with Crippen LogP contribution in [0.4, 0.5) is 0 Å². The van der Waals surface area contributed by atoms with Gasteiger partial charge in [0.25, 0.3) is 0 Å². The molecule has 0 bridgehead atoms. The predicted molar refractivity (Wildman–Crippen MR) is 142 cm³/mol. The molecule has 0 aliphatic heterocycles.